The Labute approximate surface area is 304 Å². The van der Waals surface area contributed by atoms with E-state index in [1.807, 2.05) is 87.5 Å². The number of hydrogen-bond acceptors (Lipinski definition) is 7. The maximum atomic E-state index is 14.0. The van der Waals surface area contributed by atoms with Crippen molar-refractivity contribution in [2.24, 2.45) is 0 Å². The van der Waals surface area contributed by atoms with Gasteiger partial charge in [-0.05, 0) is 88.2 Å². The van der Waals surface area contributed by atoms with Crippen molar-refractivity contribution in [1.29, 1.82) is 0 Å². The second kappa shape index (κ2) is 18.0. The Morgan fingerprint density at radius 3 is 2.47 bits per heavy atom. The largest absolute Gasteiger partial charge is 0.355 e. The summed E-state index contributed by atoms with van der Waals surface area (Å²) in [6.45, 7) is 6.31. The molecule has 2 aromatic carbocycles. The molecule has 4 aromatic rings. The van der Waals surface area contributed by atoms with Crippen molar-refractivity contribution < 1.29 is 19.2 Å². The zero-order chi connectivity index (χ0) is 35.4. The Bertz CT molecular complexity index is 1800. The fourth-order valence-corrected chi connectivity index (χ4v) is 6.26. The van der Waals surface area contributed by atoms with Gasteiger partial charge in [0.1, 0.15) is 6.54 Å². The normalized spacial score (nSPS) is 11.4. The molecule has 4 rings (SSSR count). The number of benzene rings is 2. The van der Waals surface area contributed by atoms with Crippen molar-refractivity contribution in [2.75, 3.05) is 26.7 Å². The van der Waals surface area contributed by atoms with Gasteiger partial charge in [0.05, 0.1) is 26.0 Å². The summed E-state index contributed by atoms with van der Waals surface area (Å²) in [5.41, 5.74) is 2.44. The van der Waals surface area contributed by atoms with Gasteiger partial charge in [0, 0.05) is 47.9 Å². The van der Waals surface area contributed by atoms with Gasteiger partial charge >= 0.3 is 6.03 Å². The summed E-state index contributed by atoms with van der Waals surface area (Å²) in [5, 5.41) is 14.0. The van der Waals surface area contributed by atoms with Crippen LogP contribution < -0.4 is 16.0 Å². The lowest BCUT2D eigenvalue weighted by atomic mass is 10.2. The van der Waals surface area contributed by atoms with E-state index in [4.69, 9.17) is 5.10 Å². The van der Waals surface area contributed by atoms with E-state index in [0.29, 0.717) is 36.3 Å². The first-order valence-corrected chi connectivity index (χ1v) is 18.1. The molecule has 3 N–H and O–H groups in total. The summed E-state index contributed by atoms with van der Waals surface area (Å²) in [7, 11) is 1.59. The lowest BCUT2D eigenvalue weighted by Gasteiger charge is -2.20. The molecule has 0 atom stereocenters. The van der Waals surface area contributed by atoms with Crippen LogP contribution in [-0.4, -0.2) is 73.6 Å². The molecule has 0 spiro atoms. The highest BCUT2D eigenvalue weighted by atomic mass is 127. The monoisotopic (exact) mass is 795 g/mol. The molecule has 0 saturated heterocycles. The van der Waals surface area contributed by atoms with Crippen molar-refractivity contribution in [2.45, 2.75) is 59.8 Å². The fraction of sp³-hybridized carbons (Fsp3) is 0.333. The molecule has 0 radical (unpaired) electrons. The third-order valence-electron chi connectivity index (χ3n) is 7.37. The Kier molecular flexibility index (Phi) is 13.8. The van der Waals surface area contributed by atoms with Gasteiger partial charge in [0.25, 0.3) is 5.91 Å². The zero-order valence-electron chi connectivity index (χ0n) is 28.2. The van der Waals surface area contributed by atoms with Gasteiger partial charge < -0.3 is 20.9 Å². The number of carbonyl (C=O) groups excluding carboxylic acids is 4. The van der Waals surface area contributed by atoms with Crippen LogP contribution in [0.5, 0.6) is 0 Å². The first-order chi connectivity index (χ1) is 23.5. The molecular formula is C36H42IN7O4S. The Morgan fingerprint density at radius 1 is 0.980 bits per heavy atom. The van der Waals surface area contributed by atoms with E-state index in [1.165, 1.54) is 21.3 Å². The molecule has 13 heteroatoms. The second-order valence-electron chi connectivity index (χ2n) is 11.7. The third kappa shape index (κ3) is 11.1. The number of amides is 4. The van der Waals surface area contributed by atoms with E-state index in [1.54, 1.807) is 19.3 Å². The number of carbonyl (C=O) groups is 4. The van der Waals surface area contributed by atoms with Gasteiger partial charge in [0.2, 0.25) is 11.8 Å². The number of rotatable bonds is 15. The van der Waals surface area contributed by atoms with Crippen molar-refractivity contribution in [3.05, 3.63) is 83.8 Å². The van der Waals surface area contributed by atoms with Crippen LogP contribution in [0.3, 0.4) is 0 Å². The van der Waals surface area contributed by atoms with E-state index in [-0.39, 0.29) is 27.8 Å². The molecule has 0 aliphatic heterocycles. The number of aromatic nitrogens is 3. The summed E-state index contributed by atoms with van der Waals surface area (Å²) in [6, 6.07) is 18.2. The number of fused-ring (bicyclic) bond motifs is 1. The average molecular weight is 796 g/mol. The fourth-order valence-electron chi connectivity index (χ4n) is 4.98. The molecule has 0 aliphatic carbocycles. The van der Waals surface area contributed by atoms with Crippen LogP contribution >= 0.6 is 34.4 Å². The van der Waals surface area contributed by atoms with E-state index in [2.05, 4.69) is 43.5 Å². The van der Waals surface area contributed by atoms with Gasteiger partial charge in [-0.15, -0.1) is 0 Å². The first-order valence-electron chi connectivity index (χ1n) is 16.2. The van der Waals surface area contributed by atoms with Crippen LogP contribution in [0.1, 0.15) is 68.2 Å². The minimum atomic E-state index is -0.433. The van der Waals surface area contributed by atoms with Crippen molar-refractivity contribution in [1.82, 2.24) is 35.6 Å². The number of alkyl halides is 1. The summed E-state index contributed by atoms with van der Waals surface area (Å²) < 4.78 is 1.05. The molecule has 49 heavy (non-hydrogen) atoms. The van der Waals surface area contributed by atoms with Crippen LogP contribution in [0.25, 0.3) is 23.1 Å². The molecule has 2 heterocycles. The summed E-state index contributed by atoms with van der Waals surface area (Å²) in [5.74, 6) is -0.443. The predicted molar refractivity (Wildman–Crippen MR) is 203 cm³/mol. The molecule has 4 amide bonds. The Hall–Kier alpha value is -4.24. The number of pyridine rings is 1. The quantitative estimate of drug-likeness (QED) is 0.0551. The Morgan fingerprint density at radius 2 is 1.76 bits per heavy atom. The van der Waals surface area contributed by atoms with Gasteiger partial charge in [-0.3, -0.25) is 19.4 Å². The number of nitrogens with zero attached hydrogens (tertiary/aromatic N) is 4. The SMILES string of the molecule is CCN(CC(=O)NCCCCCC(=O)NC(C)(C)I)C(=O)n1nc(/C=C/c2ccccn2)c2ccc(Sc3ccccc3C(=O)NC)cc21. The number of unbranched alkanes of at least 4 members (excludes halogenated alkanes) is 2. The maximum absolute atomic E-state index is 14.0. The molecule has 0 aliphatic rings. The molecular weight excluding hydrogens is 753 g/mol. The lowest BCUT2D eigenvalue weighted by Crippen LogP contribution is -2.43. The molecule has 2 aromatic heterocycles. The zero-order valence-corrected chi connectivity index (χ0v) is 31.1. The number of nitrogens with one attached hydrogen (secondary N) is 3. The smallest absolute Gasteiger partial charge is 0.345 e. The van der Waals surface area contributed by atoms with E-state index in [9.17, 15) is 19.2 Å². The lowest BCUT2D eigenvalue weighted by molar-refractivity contribution is -0.122. The minimum absolute atomic E-state index is 0.0153. The van der Waals surface area contributed by atoms with Crippen LogP contribution in [-0.2, 0) is 9.59 Å². The highest BCUT2D eigenvalue weighted by Gasteiger charge is 2.22. The van der Waals surface area contributed by atoms with Crippen molar-refractivity contribution >= 4 is 81.2 Å². The molecule has 0 bridgehead atoms. The summed E-state index contributed by atoms with van der Waals surface area (Å²) in [4.78, 5) is 58.7. The average Bonchev–Trinajstić information content (AvgIpc) is 3.44. The molecule has 258 valence electrons. The maximum Gasteiger partial charge on any atom is 0.345 e. The molecule has 0 saturated carbocycles. The predicted octanol–water partition coefficient (Wildman–Crippen LogP) is 6.37. The molecule has 11 nitrogen and oxygen atoms in total. The van der Waals surface area contributed by atoms with E-state index in [0.717, 1.165) is 40.1 Å². The van der Waals surface area contributed by atoms with Crippen LogP contribution in [0.4, 0.5) is 4.79 Å². The minimum Gasteiger partial charge on any atom is -0.355 e. The van der Waals surface area contributed by atoms with Crippen LogP contribution in [0.2, 0.25) is 0 Å². The van der Waals surface area contributed by atoms with Crippen LogP contribution in [0.15, 0.2) is 76.7 Å². The highest BCUT2D eigenvalue weighted by Crippen LogP contribution is 2.33. The van der Waals surface area contributed by atoms with Crippen molar-refractivity contribution in [3.8, 4) is 0 Å². The number of halogens is 1. The molecule has 0 unspecified atom stereocenters. The number of likely N-dealkylation sites (N-methyl/N-ethyl adjacent to an activating group) is 1. The van der Waals surface area contributed by atoms with E-state index >= 15 is 0 Å². The molecule has 0 fully saturated rings. The van der Waals surface area contributed by atoms with Crippen molar-refractivity contribution in [3.63, 3.8) is 0 Å². The van der Waals surface area contributed by atoms with Gasteiger partial charge in [-0.1, -0.05) is 59.0 Å². The number of hydrogen-bond donors (Lipinski definition) is 3. The first kappa shape index (κ1) is 37.6. The third-order valence-corrected chi connectivity index (χ3v) is 8.71. The summed E-state index contributed by atoms with van der Waals surface area (Å²) >= 11 is 3.60. The van der Waals surface area contributed by atoms with E-state index < -0.39 is 6.03 Å². The highest BCUT2D eigenvalue weighted by molar-refractivity contribution is 14.1. The Balaban J connectivity index is 1.50. The van der Waals surface area contributed by atoms with Crippen LogP contribution in [0, 0.1) is 0 Å². The standard InChI is InChI=1S/C36H42IN7O4S/c1-5-43(24-33(46)40-22-11-6-7-16-32(45)41-36(2,3)37)35(48)44-30-23-26(49-31-15-9-8-14-28(31)34(47)38-4)18-19-27(30)29(42-44)20-17-25-13-10-12-21-39-25/h8-10,12-15,17-21,23H,5-7,11,16,22,24H2,1-4H3,(H,38,47)(H,40,46)(H,41,45)/b20-17+. The summed E-state index contributed by atoms with van der Waals surface area (Å²) in [6.07, 6.45) is 8.06. The van der Waals surface area contributed by atoms with Gasteiger partial charge in [-0.25, -0.2) is 4.79 Å². The second-order valence-corrected chi connectivity index (χ2v) is 15.5. The van der Waals surface area contributed by atoms with Gasteiger partial charge in [0.15, 0.2) is 0 Å². The van der Waals surface area contributed by atoms with Gasteiger partial charge in [-0.2, -0.15) is 9.78 Å². The topological polar surface area (TPSA) is 138 Å².